The maximum absolute atomic E-state index is 13.4. The number of nitro groups is 1. The SMILES string of the molecule is CN1C[C@@H]2C(C#Cc3cc4ncnc(Nc5ccc(OCc6cccc(F)c6)c(Cl)c5)c4cc3[N+](=O)[O-])[C@@H]2C1. The maximum atomic E-state index is 13.4. The molecule has 0 amide bonds. The van der Waals surface area contributed by atoms with Crippen molar-refractivity contribution in [1.29, 1.82) is 0 Å². The number of nitro benzene ring substituents is 1. The summed E-state index contributed by atoms with van der Waals surface area (Å²) in [6, 6.07) is 14.4. The number of rotatable bonds is 6. The summed E-state index contributed by atoms with van der Waals surface area (Å²) in [6.07, 6.45) is 1.40. The number of benzene rings is 3. The van der Waals surface area contributed by atoms with Gasteiger partial charge in [0.1, 0.15) is 35.9 Å². The van der Waals surface area contributed by atoms with Gasteiger partial charge in [-0.25, -0.2) is 14.4 Å². The number of likely N-dealkylation sites (tertiary alicyclic amines) is 1. The van der Waals surface area contributed by atoms with Crippen LogP contribution in [0.4, 0.5) is 21.6 Å². The Morgan fingerprint density at radius 3 is 2.74 bits per heavy atom. The average molecular weight is 544 g/mol. The highest BCUT2D eigenvalue weighted by atomic mass is 35.5. The van der Waals surface area contributed by atoms with E-state index in [-0.39, 0.29) is 18.1 Å². The number of nitrogens with zero attached hydrogens (tertiary/aromatic N) is 4. The second kappa shape index (κ2) is 10.1. The highest BCUT2D eigenvalue weighted by Gasteiger charge is 2.54. The van der Waals surface area contributed by atoms with Crippen LogP contribution in [0.15, 0.2) is 60.9 Å². The highest BCUT2D eigenvalue weighted by Crippen LogP contribution is 2.50. The molecule has 0 spiro atoms. The van der Waals surface area contributed by atoms with Crippen LogP contribution in [0, 0.1) is 45.5 Å². The van der Waals surface area contributed by atoms with Gasteiger partial charge in [0.05, 0.1) is 15.5 Å². The lowest BCUT2D eigenvalue weighted by atomic mass is 10.1. The molecular formula is C29H23ClFN5O3. The molecule has 1 unspecified atom stereocenters. The lowest BCUT2D eigenvalue weighted by molar-refractivity contribution is -0.385. The molecule has 39 heavy (non-hydrogen) atoms. The number of ether oxygens (including phenoxy) is 1. The Kier molecular flexibility index (Phi) is 6.51. The molecule has 1 saturated carbocycles. The fraction of sp³-hybridized carbons (Fsp3) is 0.241. The summed E-state index contributed by atoms with van der Waals surface area (Å²) in [7, 11) is 2.10. The predicted octanol–water partition coefficient (Wildman–Crippen LogP) is 5.81. The van der Waals surface area contributed by atoms with Crippen LogP contribution in [-0.4, -0.2) is 39.9 Å². The monoisotopic (exact) mass is 543 g/mol. The lowest BCUT2D eigenvalue weighted by Crippen LogP contribution is -2.18. The van der Waals surface area contributed by atoms with Crippen LogP contribution in [0.3, 0.4) is 0 Å². The minimum atomic E-state index is -0.427. The third kappa shape index (κ3) is 5.21. The first kappa shape index (κ1) is 25.0. The summed E-state index contributed by atoms with van der Waals surface area (Å²) in [6.45, 7) is 2.21. The number of hydrogen-bond acceptors (Lipinski definition) is 7. The molecule has 3 atom stereocenters. The van der Waals surface area contributed by atoms with E-state index in [1.807, 2.05) is 0 Å². The number of nitrogens with one attached hydrogen (secondary N) is 1. The Hall–Kier alpha value is -4.26. The maximum Gasteiger partial charge on any atom is 0.285 e. The van der Waals surface area contributed by atoms with Gasteiger partial charge in [-0.2, -0.15) is 0 Å². The molecule has 1 aliphatic carbocycles. The third-order valence-electron chi connectivity index (χ3n) is 7.18. The molecule has 2 heterocycles. The Balaban J connectivity index is 1.23. The summed E-state index contributed by atoms with van der Waals surface area (Å²) in [4.78, 5) is 22.4. The average Bonchev–Trinajstić information content (AvgIpc) is 3.37. The van der Waals surface area contributed by atoms with Gasteiger partial charge in [0.25, 0.3) is 5.69 Å². The zero-order valence-corrected chi connectivity index (χ0v) is 21.7. The minimum Gasteiger partial charge on any atom is -0.487 e. The largest absolute Gasteiger partial charge is 0.487 e. The molecule has 2 aliphatic rings. The quantitative estimate of drug-likeness (QED) is 0.186. The number of hydrogen-bond donors (Lipinski definition) is 1. The smallest absolute Gasteiger partial charge is 0.285 e. The summed E-state index contributed by atoms with van der Waals surface area (Å²) in [5.74, 6) is 8.23. The van der Waals surface area contributed by atoms with E-state index in [2.05, 4.69) is 39.1 Å². The van der Waals surface area contributed by atoms with Crippen molar-refractivity contribution in [3.8, 4) is 17.6 Å². The van der Waals surface area contributed by atoms with Crippen molar-refractivity contribution >= 4 is 39.7 Å². The van der Waals surface area contributed by atoms with E-state index < -0.39 is 4.92 Å². The number of anilines is 2. The Labute approximate surface area is 228 Å². The van der Waals surface area contributed by atoms with Gasteiger partial charge in [0.2, 0.25) is 0 Å². The summed E-state index contributed by atoms with van der Waals surface area (Å²) >= 11 is 6.43. The van der Waals surface area contributed by atoms with E-state index in [9.17, 15) is 14.5 Å². The van der Waals surface area contributed by atoms with Gasteiger partial charge in [-0.1, -0.05) is 35.6 Å². The molecule has 0 radical (unpaired) electrons. The van der Waals surface area contributed by atoms with Gasteiger partial charge in [-0.05, 0) is 60.8 Å². The molecule has 8 nitrogen and oxygen atoms in total. The van der Waals surface area contributed by atoms with Crippen molar-refractivity contribution in [2.75, 3.05) is 25.5 Å². The lowest BCUT2D eigenvalue weighted by Gasteiger charge is -2.12. The second-order valence-electron chi connectivity index (χ2n) is 9.90. The topological polar surface area (TPSA) is 93.4 Å². The van der Waals surface area contributed by atoms with Crippen LogP contribution in [0.25, 0.3) is 10.9 Å². The van der Waals surface area contributed by atoms with Crippen LogP contribution >= 0.6 is 11.6 Å². The number of halogens is 2. The van der Waals surface area contributed by atoms with Crippen LogP contribution in [0.5, 0.6) is 5.75 Å². The van der Waals surface area contributed by atoms with Crippen molar-refractivity contribution in [2.45, 2.75) is 6.61 Å². The number of piperidine rings is 1. The van der Waals surface area contributed by atoms with E-state index in [4.69, 9.17) is 16.3 Å². The van der Waals surface area contributed by atoms with Crippen molar-refractivity contribution < 1.29 is 14.1 Å². The Morgan fingerprint density at radius 1 is 1.18 bits per heavy atom. The van der Waals surface area contributed by atoms with E-state index in [1.165, 1.54) is 24.5 Å². The summed E-state index contributed by atoms with van der Waals surface area (Å²) < 4.78 is 19.2. The Bertz CT molecular complexity index is 1660. The van der Waals surface area contributed by atoms with Crippen molar-refractivity contribution in [1.82, 2.24) is 14.9 Å². The molecule has 10 heteroatoms. The van der Waals surface area contributed by atoms with E-state index in [0.717, 1.165) is 13.1 Å². The van der Waals surface area contributed by atoms with Gasteiger partial charge in [-0.3, -0.25) is 10.1 Å². The molecule has 1 saturated heterocycles. The molecule has 4 aromatic rings. The van der Waals surface area contributed by atoms with Crippen molar-refractivity contribution in [3.63, 3.8) is 0 Å². The fourth-order valence-corrected chi connectivity index (χ4v) is 5.41. The van der Waals surface area contributed by atoms with Gasteiger partial charge in [0, 0.05) is 36.1 Å². The van der Waals surface area contributed by atoms with Crippen LogP contribution < -0.4 is 10.1 Å². The van der Waals surface area contributed by atoms with Crippen molar-refractivity contribution in [2.24, 2.45) is 17.8 Å². The molecule has 1 aliphatic heterocycles. The van der Waals surface area contributed by atoms with Gasteiger partial charge < -0.3 is 15.0 Å². The first-order valence-electron chi connectivity index (χ1n) is 12.4. The van der Waals surface area contributed by atoms with Crippen molar-refractivity contribution in [3.05, 3.63) is 93.0 Å². The molecule has 1 N–H and O–H groups in total. The zero-order valence-electron chi connectivity index (χ0n) is 20.9. The standard InChI is InChI=1S/C29H23ClFN5O3/c1-35-13-23-21(24(23)14-35)7-5-18-10-26-22(12-27(18)36(37)38)29(33-16-32-26)34-20-6-8-28(25(30)11-20)39-15-17-3-2-4-19(31)9-17/h2-4,6,8-12,16,21,23-24H,13-15H2,1H3,(H,32,33,34)/t21?,23-,24+. The van der Waals surface area contributed by atoms with E-state index in [0.29, 0.717) is 62.1 Å². The molecule has 0 bridgehead atoms. The predicted molar refractivity (Wildman–Crippen MR) is 147 cm³/mol. The highest BCUT2D eigenvalue weighted by molar-refractivity contribution is 6.32. The molecule has 1 aromatic heterocycles. The Morgan fingerprint density at radius 2 is 2.00 bits per heavy atom. The molecule has 3 aromatic carbocycles. The third-order valence-corrected chi connectivity index (χ3v) is 7.47. The first-order chi connectivity index (χ1) is 18.9. The van der Waals surface area contributed by atoms with Gasteiger partial charge in [0.15, 0.2) is 0 Å². The van der Waals surface area contributed by atoms with Crippen LogP contribution in [0.2, 0.25) is 5.02 Å². The first-order valence-corrected chi connectivity index (χ1v) is 12.8. The molecule has 196 valence electrons. The molecule has 2 fully saturated rings. The van der Waals surface area contributed by atoms with E-state index >= 15 is 0 Å². The summed E-state index contributed by atoms with van der Waals surface area (Å²) in [5.41, 5.74) is 2.08. The number of aromatic nitrogens is 2. The molecule has 6 rings (SSSR count). The number of fused-ring (bicyclic) bond motifs is 2. The van der Waals surface area contributed by atoms with Crippen LogP contribution in [-0.2, 0) is 6.61 Å². The fourth-order valence-electron chi connectivity index (χ4n) is 5.18. The van der Waals surface area contributed by atoms with Gasteiger partial charge in [-0.15, -0.1) is 0 Å². The zero-order chi connectivity index (χ0) is 27.1. The normalized spacial score (nSPS) is 19.7. The second-order valence-corrected chi connectivity index (χ2v) is 10.3. The van der Waals surface area contributed by atoms with Gasteiger partial charge >= 0.3 is 0 Å². The molecular weight excluding hydrogens is 521 g/mol. The summed E-state index contributed by atoms with van der Waals surface area (Å²) in [5, 5.41) is 15.9. The van der Waals surface area contributed by atoms with Crippen LogP contribution in [0.1, 0.15) is 11.1 Å². The minimum absolute atomic E-state index is 0.0880. The van der Waals surface area contributed by atoms with E-state index in [1.54, 1.807) is 36.4 Å².